The van der Waals surface area contributed by atoms with Crippen LogP contribution in [-0.2, 0) is 0 Å². The van der Waals surface area contributed by atoms with E-state index in [2.05, 4.69) is 24.0 Å². The first-order valence-electron chi connectivity index (χ1n) is 7.42. The lowest BCUT2D eigenvalue weighted by Gasteiger charge is -2.29. The van der Waals surface area contributed by atoms with Gasteiger partial charge in [0.05, 0.1) is 7.11 Å². The molecule has 0 aliphatic carbocycles. The maximum absolute atomic E-state index is 5.66. The lowest BCUT2D eigenvalue weighted by molar-refractivity contribution is 0.201. The standard InChI is InChI=1S/C17H25NO2/c1-15-6-5-12-18(14-15)11-3-4-13-20-17-9-7-16(19-2)8-10-17/h3-4,7-10,15H,5-6,11-14H2,1-2H3. The van der Waals surface area contributed by atoms with E-state index in [-0.39, 0.29) is 0 Å². The van der Waals surface area contributed by atoms with Gasteiger partial charge in [-0.3, -0.25) is 4.90 Å². The molecule has 0 radical (unpaired) electrons. The van der Waals surface area contributed by atoms with Gasteiger partial charge in [0.1, 0.15) is 18.1 Å². The third-order valence-electron chi connectivity index (χ3n) is 3.68. The molecular formula is C17H25NO2. The normalized spacial score (nSPS) is 20.2. The first kappa shape index (κ1) is 14.9. The lowest BCUT2D eigenvalue weighted by Crippen LogP contribution is -2.34. The van der Waals surface area contributed by atoms with E-state index in [0.717, 1.165) is 24.0 Å². The molecule has 1 aromatic rings. The number of hydrogen-bond acceptors (Lipinski definition) is 3. The number of benzene rings is 1. The maximum atomic E-state index is 5.66. The monoisotopic (exact) mass is 275 g/mol. The topological polar surface area (TPSA) is 21.7 Å². The first-order chi connectivity index (χ1) is 9.78. The van der Waals surface area contributed by atoms with Gasteiger partial charge in [-0.25, -0.2) is 0 Å². The van der Waals surface area contributed by atoms with Gasteiger partial charge in [-0.2, -0.15) is 0 Å². The van der Waals surface area contributed by atoms with Crippen LogP contribution in [0.15, 0.2) is 36.4 Å². The van der Waals surface area contributed by atoms with Crippen LogP contribution in [-0.4, -0.2) is 38.3 Å². The van der Waals surface area contributed by atoms with Crippen LogP contribution in [0.25, 0.3) is 0 Å². The highest BCUT2D eigenvalue weighted by atomic mass is 16.5. The van der Waals surface area contributed by atoms with E-state index >= 15 is 0 Å². The third-order valence-corrected chi connectivity index (χ3v) is 3.68. The fourth-order valence-corrected chi connectivity index (χ4v) is 2.56. The molecule has 20 heavy (non-hydrogen) atoms. The van der Waals surface area contributed by atoms with Gasteiger partial charge >= 0.3 is 0 Å². The van der Waals surface area contributed by atoms with Crippen LogP contribution >= 0.6 is 0 Å². The van der Waals surface area contributed by atoms with E-state index in [1.165, 1.54) is 25.9 Å². The lowest BCUT2D eigenvalue weighted by atomic mass is 10.0. The summed E-state index contributed by atoms with van der Waals surface area (Å²) in [5, 5.41) is 0. The van der Waals surface area contributed by atoms with Crippen molar-refractivity contribution in [1.29, 1.82) is 0 Å². The number of rotatable bonds is 6. The number of methoxy groups -OCH3 is 1. The van der Waals surface area contributed by atoms with E-state index in [0.29, 0.717) is 6.61 Å². The predicted molar refractivity (Wildman–Crippen MR) is 82.5 cm³/mol. The minimum Gasteiger partial charge on any atom is -0.497 e. The molecule has 0 saturated carbocycles. The summed E-state index contributed by atoms with van der Waals surface area (Å²) >= 11 is 0. The molecule has 1 aromatic carbocycles. The zero-order valence-electron chi connectivity index (χ0n) is 12.5. The molecule has 3 heteroatoms. The first-order valence-corrected chi connectivity index (χ1v) is 7.42. The molecule has 1 saturated heterocycles. The fourth-order valence-electron chi connectivity index (χ4n) is 2.56. The Morgan fingerprint density at radius 3 is 2.65 bits per heavy atom. The number of piperidine rings is 1. The number of hydrogen-bond donors (Lipinski definition) is 0. The average Bonchev–Trinajstić information content (AvgIpc) is 2.48. The number of ether oxygens (including phenoxy) is 2. The summed E-state index contributed by atoms with van der Waals surface area (Å²) in [6.45, 7) is 6.45. The molecule has 3 nitrogen and oxygen atoms in total. The molecule has 0 N–H and O–H groups in total. The van der Waals surface area contributed by atoms with Crippen LogP contribution in [0.5, 0.6) is 11.5 Å². The van der Waals surface area contributed by atoms with Crippen LogP contribution in [0.3, 0.4) is 0 Å². The second-order valence-corrected chi connectivity index (χ2v) is 5.46. The molecule has 2 rings (SSSR count). The highest BCUT2D eigenvalue weighted by Gasteiger charge is 2.14. The summed E-state index contributed by atoms with van der Waals surface area (Å²) in [5.74, 6) is 2.57. The van der Waals surface area contributed by atoms with Gasteiger partial charge < -0.3 is 9.47 Å². The Balaban J connectivity index is 1.65. The SMILES string of the molecule is COc1ccc(OCC=CCN2CCCC(C)C2)cc1. The second kappa shape index (κ2) is 7.95. The molecule has 1 heterocycles. The van der Waals surface area contributed by atoms with Crippen LogP contribution in [0, 0.1) is 5.92 Å². The molecule has 0 bridgehead atoms. The van der Waals surface area contributed by atoms with Crippen molar-refractivity contribution in [2.45, 2.75) is 19.8 Å². The minimum absolute atomic E-state index is 0.621. The zero-order valence-corrected chi connectivity index (χ0v) is 12.5. The fraction of sp³-hybridized carbons (Fsp3) is 0.529. The van der Waals surface area contributed by atoms with Gasteiger partial charge in [0, 0.05) is 13.1 Å². The Labute approximate surface area is 122 Å². The molecule has 0 aromatic heterocycles. The van der Waals surface area contributed by atoms with Gasteiger partial charge in [-0.05, 0) is 49.6 Å². The maximum Gasteiger partial charge on any atom is 0.120 e. The molecule has 1 unspecified atom stereocenters. The molecule has 1 fully saturated rings. The summed E-state index contributed by atoms with van der Waals surface area (Å²) in [4.78, 5) is 2.51. The quantitative estimate of drug-likeness (QED) is 0.743. The van der Waals surface area contributed by atoms with Crippen molar-refractivity contribution in [3.63, 3.8) is 0 Å². The van der Waals surface area contributed by atoms with E-state index < -0.39 is 0 Å². The van der Waals surface area contributed by atoms with Crippen molar-refractivity contribution in [1.82, 2.24) is 4.90 Å². The van der Waals surface area contributed by atoms with Crippen molar-refractivity contribution >= 4 is 0 Å². The minimum atomic E-state index is 0.621. The molecular weight excluding hydrogens is 250 g/mol. The smallest absolute Gasteiger partial charge is 0.120 e. The Morgan fingerprint density at radius 1 is 1.20 bits per heavy atom. The third kappa shape index (κ3) is 4.89. The molecule has 1 aliphatic rings. The van der Waals surface area contributed by atoms with E-state index in [9.17, 15) is 0 Å². The van der Waals surface area contributed by atoms with Crippen molar-refractivity contribution in [2.75, 3.05) is 33.4 Å². The predicted octanol–water partition coefficient (Wildman–Crippen LogP) is 3.36. The van der Waals surface area contributed by atoms with Crippen LogP contribution in [0.1, 0.15) is 19.8 Å². The van der Waals surface area contributed by atoms with Crippen molar-refractivity contribution in [3.05, 3.63) is 36.4 Å². The summed E-state index contributed by atoms with van der Waals surface area (Å²) in [7, 11) is 1.67. The number of likely N-dealkylation sites (tertiary alicyclic amines) is 1. The summed E-state index contributed by atoms with van der Waals surface area (Å²) in [6, 6.07) is 7.68. The van der Waals surface area contributed by atoms with Gasteiger partial charge in [0.2, 0.25) is 0 Å². The van der Waals surface area contributed by atoms with Gasteiger partial charge in [0.25, 0.3) is 0 Å². The van der Waals surface area contributed by atoms with Gasteiger partial charge in [-0.15, -0.1) is 0 Å². The van der Waals surface area contributed by atoms with Crippen molar-refractivity contribution in [2.24, 2.45) is 5.92 Å². The second-order valence-electron chi connectivity index (χ2n) is 5.46. The Bertz CT molecular complexity index is 414. The molecule has 1 atom stereocenters. The van der Waals surface area contributed by atoms with Crippen molar-refractivity contribution < 1.29 is 9.47 Å². The van der Waals surface area contributed by atoms with E-state index in [4.69, 9.17) is 9.47 Å². The van der Waals surface area contributed by atoms with E-state index in [1.807, 2.05) is 24.3 Å². The largest absolute Gasteiger partial charge is 0.497 e. The van der Waals surface area contributed by atoms with Gasteiger partial charge in [0.15, 0.2) is 0 Å². The zero-order chi connectivity index (χ0) is 14.2. The molecule has 110 valence electrons. The highest BCUT2D eigenvalue weighted by molar-refractivity contribution is 5.31. The summed E-state index contributed by atoms with van der Waals surface area (Å²) in [6.07, 6.45) is 7.02. The average molecular weight is 275 g/mol. The molecule has 0 spiro atoms. The Hall–Kier alpha value is -1.48. The van der Waals surface area contributed by atoms with Gasteiger partial charge in [-0.1, -0.05) is 19.1 Å². The Morgan fingerprint density at radius 2 is 1.95 bits per heavy atom. The van der Waals surface area contributed by atoms with Crippen LogP contribution in [0.4, 0.5) is 0 Å². The molecule has 1 aliphatic heterocycles. The highest BCUT2D eigenvalue weighted by Crippen LogP contribution is 2.17. The van der Waals surface area contributed by atoms with Crippen molar-refractivity contribution in [3.8, 4) is 11.5 Å². The van der Waals surface area contributed by atoms with Crippen LogP contribution in [0.2, 0.25) is 0 Å². The molecule has 0 amide bonds. The van der Waals surface area contributed by atoms with Crippen LogP contribution < -0.4 is 9.47 Å². The summed E-state index contributed by atoms with van der Waals surface area (Å²) < 4.78 is 10.8. The van der Waals surface area contributed by atoms with E-state index in [1.54, 1.807) is 7.11 Å². The Kier molecular flexibility index (Phi) is 5.93. The summed E-state index contributed by atoms with van der Waals surface area (Å²) in [5.41, 5.74) is 0. The number of nitrogens with zero attached hydrogens (tertiary/aromatic N) is 1.